The molecule has 0 bridgehead atoms. The summed E-state index contributed by atoms with van der Waals surface area (Å²) in [5.74, 6) is 0. The van der Waals surface area contributed by atoms with E-state index in [4.69, 9.17) is 0 Å². The van der Waals surface area contributed by atoms with Gasteiger partial charge in [-0.2, -0.15) is 0 Å². The van der Waals surface area contributed by atoms with Gasteiger partial charge in [-0.3, -0.25) is 9.97 Å². The number of pyridine rings is 2. The molecule has 0 spiro atoms. The molecule has 0 aromatic carbocycles. The minimum absolute atomic E-state index is 0.879. The summed E-state index contributed by atoms with van der Waals surface area (Å²) in [7, 11) is 0. The Morgan fingerprint density at radius 3 is 2.65 bits per heavy atom. The summed E-state index contributed by atoms with van der Waals surface area (Å²) in [5.41, 5.74) is 3.68. The van der Waals surface area contributed by atoms with Crippen LogP contribution in [0.4, 0.5) is 0 Å². The third-order valence-corrected chi connectivity index (χ3v) is 2.56. The Balaban J connectivity index is 2.06. The molecule has 0 aliphatic heterocycles. The lowest BCUT2D eigenvalue weighted by molar-refractivity contribution is 0.723. The first kappa shape index (κ1) is 11.7. The van der Waals surface area contributed by atoms with Crippen LogP contribution in [0.3, 0.4) is 0 Å². The third kappa shape index (κ3) is 3.64. The van der Waals surface area contributed by atoms with Gasteiger partial charge in [0.1, 0.15) is 0 Å². The zero-order valence-corrected chi connectivity index (χ0v) is 10.1. The number of nitrogens with one attached hydrogen (secondary N) is 1. The molecular formula is C14H17N3. The van der Waals surface area contributed by atoms with Crippen molar-refractivity contribution in [2.24, 2.45) is 0 Å². The Kier molecular flexibility index (Phi) is 4.22. The SMILES string of the molecule is CCNCc1cncc(Cc2cccnc2)c1. The van der Waals surface area contributed by atoms with E-state index in [1.54, 1.807) is 6.20 Å². The van der Waals surface area contributed by atoms with Crippen molar-refractivity contribution in [3.05, 3.63) is 59.7 Å². The maximum atomic E-state index is 4.27. The summed E-state index contributed by atoms with van der Waals surface area (Å²) < 4.78 is 0. The van der Waals surface area contributed by atoms with Gasteiger partial charge in [0.05, 0.1) is 0 Å². The van der Waals surface area contributed by atoms with E-state index in [0.717, 1.165) is 19.5 Å². The van der Waals surface area contributed by atoms with E-state index in [1.165, 1.54) is 16.7 Å². The van der Waals surface area contributed by atoms with Gasteiger partial charge in [-0.25, -0.2) is 0 Å². The van der Waals surface area contributed by atoms with Crippen molar-refractivity contribution in [3.63, 3.8) is 0 Å². The molecule has 0 atom stereocenters. The Labute approximate surface area is 102 Å². The van der Waals surface area contributed by atoms with Gasteiger partial charge in [0.15, 0.2) is 0 Å². The average Bonchev–Trinajstić information content (AvgIpc) is 2.38. The summed E-state index contributed by atoms with van der Waals surface area (Å²) in [6.45, 7) is 3.96. The predicted octanol–water partition coefficient (Wildman–Crippen LogP) is 2.18. The molecule has 3 heteroatoms. The first-order valence-corrected chi connectivity index (χ1v) is 5.91. The molecule has 17 heavy (non-hydrogen) atoms. The maximum absolute atomic E-state index is 4.27. The molecule has 2 rings (SSSR count). The fourth-order valence-electron chi connectivity index (χ4n) is 1.74. The molecule has 88 valence electrons. The van der Waals surface area contributed by atoms with Gasteiger partial charge in [-0.15, -0.1) is 0 Å². The van der Waals surface area contributed by atoms with Gasteiger partial charge in [0, 0.05) is 37.8 Å². The fourth-order valence-corrected chi connectivity index (χ4v) is 1.74. The molecule has 1 N–H and O–H groups in total. The van der Waals surface area contributed by atoms with Crippen LogP contribution in [0, 0.1) is 0 Å². The molecule has 0 aliphatic rings. The van der Waals surface area contributed by atoms with Gasteiger partial charge in [0.2, 0.25) is 0 Å². The molecule has 3 nitrogen and oxygen atoms in total. The molecule has 2 aromatic heterocycles. The highest BCUT2D eigenvalue weighted by molar-refractivity contribution is 5.24. The second-order valence-electron chi connectivity index (χ2n) is 4.02. The lowest BCUT2D eigenvalue weighted by atomic mass is 10.1. The van der Waals surface area contributed by atoms with Crippen LogP contribution in [0.25, 0.3) is 0 Å². The largest absolute Gasteiger partial charge is 0.313 e. The van der Waals surface area contributed by atoms with Gasteiger partial charge in [0.25, 0.3) is 0 Å². The van der Waals surface area contributed by atoms with Gasteiger partial charge in [-0.1, -0.05) is 19.1 Å². The zero-order valence-electron chi connectivity index (χ0n) is 10.1. The normalized spacial score (nSPS) is 10.4. The Hall–Kier alpha value is -1.74. The molecule has 0 amide bonds. The van der Waals surface area contributed by atoms with Crippen LogP contribution in [-0.4, -0.2) is 16.5 Å². The van der Waals surface area contributed by atoms with Crippen LogP contribution in [0.1, 0.15) is 23.6 Å². The highest BCUT2D eigenvalue weighted by atomic mass is 14.8. The summed E-state index contributed by atoms with van der Waals surface area (Å²) in [6.07, 6.45) is 8.42. The van der Waals surface area contributed by atoms with Crippen molar-refractivity contribution in [3.8, 4) is 0 Å². The topological polar surface area (TPSA) is 37.8 Å². The van der Waals surface area contributed by atoms with Crippen LogP contribution in [0.15, 0.2) is 43.0 Å². The smallest absolute Gasteiger partial charge is 0.0313 e. The van der Waals surface area contributed by atoms with E-state index >= 15 is 0 Å². The molecule has 0 fully saturated rings. The highest BCUT2D eigenvalue weighted by Crippen LogP contribution is 2.09. The van der Waals surface area contributed by atoms with E-state index in [1.807, 2.05) is 24.7 Å². The van der Waals surface area contributed by atoms with Crippen molar-refractivity contribution in [2.75, 3.05) is 6.54 Å². The van der Waals surface area contributed by atoms with E-state index < -0.39 is 0 Å². The Bertz CT molecular complexity index is 454. The second-order valence-corrected chi connectivity index (χ2v) is 4.02. The minimum Gasteiger partial charge on any atom is -0.313 e. The lowest BCUT2D eigenvalue weighted by Crippen LogP contribution is -2.12. The zero-order chi connectivity index (χ0) is 11.9. The average molecular weight is 227 g/mol. The number of hydrogen-bond donors (Lipinski definition) is 1. The van der Waals surface area contributed by atoms with Crippen LogP contribution in [0.2, 0.25) is 0 Å². The van der Waals surface area contributed by atoms with E-state index in [2.05, 4.69) is 34.3 Å². The predicted molar refractivity (Wildman–Crippen MR) is 68.7 cm³/mol. The van der Waals surface area contributed by atoms with Crippen molar-refractivity contribution in [1.29, 1.82) is 0 Å². The van der Waals surface area contributed by atoms with Crippen LogP contribution in [0.5, 0.6) is 0 Å². The first-order valence-electron chi connectivity index (χ1n) is 5.91. The van der Waals surface area contributed by atoms with Crippen molar-refractivity contribution >= 4 is 0 Å². The fraction of sp³-hybridized carbons (Fsp3) is 0.286. The molecule has 2 aromatic rings. The van der Waals surface area contributed by atoms with E-state index in [0.29, 0.717) is 0 Å². The quantitative estimate of drug-likeness (QED) is 0.850. The van der Waals surface area contributed by atoms with Gasteiger partial charge in [-0.05, 0) is 29.3 Å². The highest BCUT2D eigenvalue weighted by Gasteiger charge is 1.99. The number of hydrogen-bond acceptors (Lipinski definition) is 3. The molecule has 0 radical (unpaired) electrons. The van der Waals surface area contributed by atoms with Crippen LogP contribution >= 0.6 is 0 Å². The Morgan fingerprint density at radius 1 is 1.06 bits per heavy atom. The molecule has 2 heterocycles. The monoisotopic (exact) mass is 227 g/mol. The summed E-state index contributed by atoms with van der Waals surface area (Å²) in [6, 6.07) is 6.25. The molecule has 0 aliphatic carbocycles. The first-order chi connectivity index (χ1) is 8.38. The standard InChI is InChI=1S/C14H17N3/c1-2-15-10-14-7-13(9-17-11-14)6-12-4-3-5-16-8-12/h3-5,7-9,11,15H,2,6,10H2,1H3. The lowest BCUT2D eigenvalue weighted by Gasteiger charge is -2.05. The molecule has 0 saturated heterocycles. The maximum Gasteiger partial charge on any atom is 0.0313 e. The summed E-state index contributed by atoms with van der Waals surface area (Å²) in [5, 5.41) is 3.30. The van der Waals surface area contributed by atoms with Crippen molar-refractivity contribution in [1.82, 2.24) is 15.3 Å². The number of aromatic nitrogens is 2. The number of rotatable bonds is 5. The second kappa shape index (κ2) is 6.11. The van der Waals surface area contributed by atoms with Crippen molar-refractivity contribution < 1.29 is 0 Å². The van der Waals surface area contributed by atoms with E-state index in [-0.39, 0.29) is 0 Å². The molecule has 0 unspecified atom stereocenters. The molecular weight excluding hydrogens is 210 g/mol. The minimum atomic E-state index is 0.879. The molecule has 0 saturated carbocycles. The Morgan fingerprint density at radius 2 is 1.88 bits per heavy atom. The van der Waals surface area contributed by atoms with Crippen LogP contribution in [-0.2, 0) is 13.0 Å². The van der Waals surface area contributed by atoms with Gasteiger partial charge < -0.3 is 5.32 Å². The van der Waals surface area contributed by atoms with Crippen LogP contribution < -0.4 is 5.32 Å². The number of nitrogens with zero attached hydrogens (tertiary/aromatic N) is 2. The summed E-state index contributed by atoms with van der Waals surface area (Å²) >= 11 is 0. The third-order valence-electron chi connectivity index (χ3n) is 2.56. The van der Waals surface area contributed by atoms with Gasteiger partial charge >= 0.3 is 0 Å². The van der Waals surface area contributed by atoms with E-state index in [9.17, 15) is 0 Å². The summed E-state index contributed by atoms with van der Waals surface area (Å²) in [4.78, 5) is 8.39. The van der Waals surface area contributed by atoms with Crippen molar-refractivity contribution in [2.45, 2.75) is 19.9 Å².